The van der Waals surface area contributed by atoms with E-state index >= 15 is 0 Å². The van der Waals surface area contributed by atoms with Crippen molar-refractivity contribution in [2.24, 2.45) is 0 Å². The van der Waals surface area contributed by atoms with E-state index in [0.29, 0.717) is 6.54 Å². The molecular formula is C31H39Cl3N4O. The molecule has 1 saturated heterocycles. The van der Waals surface area contributed by atoms with Crippen LogP contribution in [0.4, 0.5) is 0 Å². The number of rotatable bonds is 7. The molecule has 2 heterocycles. The first-order valence-corrected chi connectivity index (χ1v) is 12.9. The minimum absolute atomic E-state index is 0. The van der Waals surface area contributed by atoms with Crippen molar-refractivity contribution in [3.8, 4) is 11.4 Å². The molecule has 1 atom stereocenters. The third-order valence-corrected chi connectivity index (χ3v) is 7.20. The number of imidazole rings is 1. The van der Waals surface area contributed by atoms with Crippen LogP contribution in [0.5, 0.6) is 0 Å². The molecular weight excluding hydrogens is 551 g/mol. The van der Waals surface area contributed by atoms with E-state index in [1.807, 2.05) is 37.3 Å². The van der Waals surface area contributed by atoms with E-state index in [2.05, 4.69) is 77.2 Å². The van der Waals surface area contributed by atoms with Crippen molar-refractivity contribution in [3.05, 3.63) is 113 Å². The SMILES string of the molecule is Cc1cccc(C(c2cccc(C)c2)N2CCN(CC(O)c3nc(-c4ccccc4)[nH]c3C)CC2)c1.Cl.Cl.Cl. The van der Waals surface area contributed by atoms with E-state index in [-0.39, 0.29) is 43.3 Å². The molecule has 3 aromatic carbocycles. The number of hydrogen-bond acceptors (Lipinski definition) is 4. The number of halogens is 3. The molecule has 210 valence electrons. The van der Waals surface area contributed by atoms with E-state index in [1.54, 1.807) is 0 Å². The normalized spacial score (nSPS) is 14.7. The zero-order valence-corrected chi connectivity index (χ0v) is 25.2. The van der Waals surface area contributed by atoms with Crippen LogP contribution in [0, 0.1) is 20.8 Å². The number of aryl methyl sites for hydroxylation is 3. The Morgan fingerprint density at radius 1 is 0.769 bits per heavy atom. The van der Waals surface area contributed by atoms with Crippen molar-refractivity contribution in [2.45, 2.75) is 32.9 Å². The average Bonchev–Trinajstić information content (AvgIpc) is 3.28. The molecule has 1 aliphatic rings. The summed E-state index contributed by atoms with van der Waals surface area (Å²) in [5, 5.41) is 11.1. The van der Waals surface area contributed by atoms with E-state index in [0.717, 1.165) is 49.0 Å². The first kappa shape index (κ1) is 32.8. The standard InChI is InChI=1S/C31H36N4O.3ClH/c1-22-9-7-13-26(19-22)30(27-14-8-10-23(2)20-27)35-17-15-34(16-18-35)21-28(36)29-24(3)32-31(33-29)25-11-5-4-6-12-25;;;/h4-14,19-20,28,30,36H,15-18,21H2,1-3H3,(H,32,33);3*1H. The minimum atomic E-state index is -0.616. The van der Waals surface area contributed by atoms with E-state index in [1.165, 1.54) is 22.3 Å². The summed E-state index contributed by atoms with van der Waals surface area (Å²) in [4.78, 5) is 13.0. The van der Waals surface area contributed by atoms with E-state index in [4.69, 9.17) is 4.98 Å². The number of nitrogens with one attached hydrogen (secondary N) is 1. The fourth-order valence-corrected chi connectivity index (χ4v) is 5.36. The largest absolute Gasteiger partial charge is 0.385 e. The van der Waals surface area contributed by atoms with Gasteiger partial charge >= 0.3 is 0 Å². The van der Waals surface area contributed by atoms with Gasteiger partial charge in [0, 0.05) is 44.0 Å². The first-order chi connectivity index (χ1) is 17.5. The second-order valence-corrected chi connectivity index (χ2v) is 10.0. The smallest absolute Gasteiger partial charge is 0.137 e. The summed E-state index contributed by atoms with van der Waals surface area (Å²) in [6.45, 7) is 10.6. The molecule has 8 heteroatoms. The summed E-state index contributed by atoms with van der Waals surface area (Å²) in [6.07, 6.45) is -0.616. The third-order valence-electron chi connectivity index (χ3n) is 7.20. The summed E-state index contributed by atoms with van der Waals surface area (Å²) in [5.74, 6) is 0.811. The Labute approximate surface area is 250 Å². The molecule has 39 heavy (non-hydrogen) atoms. The number of benzene rings is 3. The first-order valence-electron chi connectivity index (χ1n) is 12.9. The number of aromatic amines is 1. The molecule has 0 radical (unpaired) electrons. The number of H-pyrrole nitrogens is 1. The summed E-state index contributed by atoms with van der Waals surface area (Å²) in [6, 6.07) is 28.1. The van der Waals surface area contributed by atoms with E-state index < -0.39 is 6.10 Å². The monoisotopic (exact) mass is 588 g/mol. The van der Waals surface area contributed by atoms with Gasteiger partial charge in [-0.25, -0.2) is 4.98 Å². The van der Waals surface area contributed by atoms with Gasteiger partial charge in [-0.2, -0.15) is 0 Å². The number of hydrogen-bond donors (Lipinski definition) is 2. The maximum atomic E-state index is 11.1. The van der Waals surface area contributed by atoms with Gasteiger partial charge in [-0.3, -0.25) is 9.80 Å². The van der Waals surface area contributed by atoms with Crippen LogP contribution in [0.25, 0.3) is 11.4 Å². The fourth-order valence-electron chi connectivity index (χ4n) is 5.36. The third kappa shape index (κ3) is 7.85. The topological polar surface area (TPSA) is 55.4 Å². The molecule has 1 aliphatic heterocycles. The predicted octanol–water partition coefficient (Wildman–Crippen LogP) is 6.71. The molecule has 0 aliphatic carbocycles. The van der Waals surface area contributed by atoms with Gasteiger partial charge in [0.15, 0.2) is 0 Å². The molecule has 1 fully saturated rings. The molecule has 4 aromatic rings. The highest BCUT2D eigenvalue weighted by Crippen LogP contribution is 2.31. The zero-order chi connectivity index (χ0) is 25.1. The van der Waals surface area contributed by atoms with Gasteiger partial charge in [0.25, 0.3) is 0 Å². The van der Waals surface area contributed by atoms with Crippen molar-refractivity contribution in [1.82, 2.24) is 19.8 Å². The molecule has 2 N–H and O–H groups in total. The van der Waals surface area contributed by atoms with Gasteiger partial charge in [0.2, 0.25) is 0 Å². The lowest BCUT2D eigenvalue weighted by Crippen LogP contribution is -2.48. The number of nitrogens with zero attached hydrogens (tertiary/aromatic N) is 3. The van der Waals surface area contributed by atoms with Crippen molar-refractivity contribution >= 4 is 37.2 Å². The fraction of sp³-hybridized carbons (Fsp3) is 0.323. The number of aliphatic hydroxyl groups excluding tert-OH is 1. The van der Waals surface area contributed by atoms with Crippen molar-refractivity contribution in [3.63, 3.8) is 0 Å². The molecule has 0 spiro atoms. The Hall–Kier alpha value is -2.38. The maximum Gasteiger partial charge on any atom is 0.137 e. The van der Waals surface area contributed by atoms with Crippen molar-refractivity contribution in [1.29, 1.82) is 0 Å². The van der Waals surface area contributed by atoms with Gasteiger partial charge in [0.05, 0.1) is 11.7 Å². The number of aliphatic hydroxyl groups is 1. The summed E-state index contributed by atoms with van der Waals surface area (Å²) in [7, 11) is 0. The molecule has 0 saturated carbocycles. The van der Waals surface area contributed by atoms with Crippen LogP contribution in [0.3, 0.4) is 0 Å². The van der Waals surface area contributed by atoms with Gasteiger partial charge in [0.1, 0.15) is 11.9 Å². The van der Waals surface area contributed by atoms with Gasteiger partial charge < -0.3 is 10.1 Å². The highest BCUT2D eigenvalue weighted by atomic mass is 35.5. The number of β-amino-alcohol motifs (C(OH)–C–C–N with tert-alkyl or cyclic N) is 1. The average molecular weight is 590 g/mol. The quantitative estimate of drug-likeness (QED) is 0.252. The number of piperazine rings is 1. The van der Waals surface area contributed by atoms with Crippen LogP contribution in [0.15, 0.2) is 78.9 Å². The maximum absolute atomic E-state index is 11.1. The number of aromatic nitrogens is 2. The predicted molar refractivity (Wildman–Crippen MR) is 168 cm³/mol. The Kier molecular flexibility index (Phi) is 12.5. The summed E-state index contributed by atoms with van der Waals surface area (Å²) >= 11 is 0. The minimum Gasteiger partial charge on any atom is -0.385 e. The highest BCUT2D eigenvalue weighted by Gasteiger charge is 2.28. The molecule has 1 aromatic heterocycles. The Morgan fingerprint density at radius 3 is 1.87 bits per heavy atom. The van der Waals surface area contributed by atoms with Gasteiger partial charge in [-0.1, -0.05) is 90.0 Å². The molecule has 0 bridgehead atoms. The lowest BCUT2D eigenvalue weighted by molar-refractivity contribution is 0.0606. The van der Waals surface area contributed by atoms with Crippen molar-refractivity contribution in [2.75, 3.05) is 32.7 Å². The lowest BCUT2D eigenvalue weighted by atomic mass is 9.94. The van der Waals surface area contributed by atoms with Gasteiger partial charge in [-0.15, -0.1) is 37.2 Å². The van der Waals surface area contributed by atoms with Crippen LogP contribution < -0.4 is 0 Å². The molecule has 1 unspecified atom stereocenters. The zero-order valence-electron chi connectivity index (χ0n) is 22.7. The molecule has 0 amide bonds. The lowest BCUT2D eigenvalue weighted by Gasteiger charge is -2.40. The summed E-state index contributed by atoms with van der Waals surface area (Å²) in [5.41, 5.74) is 7.97. The second kappa shape index (κ2) is 14.8. The van der Waals surface area contributed by atoms with Crippen molar-refractivity contribution < 1.29 is 5.11 Å². The molecule has 5 rings (SSSR count). The van der Waals surface area contributed by atoms with Crippen LogP contribution >= 0.6 is 37.2 Å². The highest BCUT2D eigenvalue weighted by molar-refractivity contribution is 5.86. The Balaban J connectivity index is 0.00000178. The molecule has 5 nitrogen and oxygen atoms in total. The second-order valence-electron chi connectivity index (χ2n) is 10.0. The Bertz CT molecular complexity index is 1260. The van der Waals surface area contributed by atoms with Gasteiger partial charge in [-0.05, 0) is 31.9 Å². The van der Waals surface area contributed by atoms with Crippen LogP contribution in [-0.2, 0) is 0 Å². The Morgan fingerprint density at radius 2 is 1.33 bits per heavy atom. The van der Waals surface area contributed by atoms with Crippen LogP contribution in [-0.4, -0.2) is 57.6 Å². The summed E-state index contributed by atoms with van der Waals surface area (Å²) < 4.78 is 0. The van der Waals surface area contributed by atoms with Crippen LogP contribution in [0.1, 0.15) is 45.8 Å². The van der Waals surface area contributed by atoms with E-state index in [9.17, 15) is 5.11 Å². The van der Waals surface area contributed by atoms with Crippen LogP contribution in [0.2, 0.25) is 0 Å².